The zero-order chi connectivity index (χ0) is 14.2. The van der Waals surface area contributed by atoms with Crippen LogP contribution in [0.4, 0.5) is 5.13 Å². The molecular formula is C16H26N4S. The Kier molecular flexibility index (Phi) is 3.90. The van der Waals surface area contributed by atoms with Gasteiger partial charge in [-0.2, -0.15) is 0 Å². The first-order valence-corrected chi connectivity index (χ1v) is 9.36. The molecule has 21 heavy (non-hydrogen) atoms. The van der Waals surface area contributed by atoms with Crippen molar-refractivity contribution in [2.24, 2.45) is 0 Å². The molecule has 3 fully saturated rings. The Bertz CT molecular complexity index is 484. The van der Waals surface area contributed by atoms with Gasteiger partial charge >= 0.3 is 0 Å². The number of hydrogen-bond acceptors (Lipinski definition) is 5. The molecular weight excluding hydrogens is 280 g/mol. The SMILES string of the molecule is CCNCc1sc(N2CCN(C3CC3)CC2)nc1C1CC1. The zero-order valence-corrected chi connectivity index (χ0v) is 13.8. The van der Waals surface area contributed by atoms with E-state index in [0.717, 1.165) is 38.1 Å². The van der Waals surface area contributed by atoms with E-state index in [-0.39, 0.29) is 0 Å². The van der Waals surface area contributed by atoms with Gasteiger partial charge in [0, 0.05) is 49.6 Å². The van der Waals surface area contributed by atoms with Crippen molar-refractivity contribution in [2.45, 2.75) is 51.1 Å². The molecule has 0 aromatic carbocycles. The molecule has 1 aromatic rings. The topological polar surface area (TPSA) is 31.4 Å². The second-order valence-electron chi connectivity index (χ2n) is 6.61. The molecule has 3 aliphatic rings. The van der Waals surface area contributed by atoms with Crippen LogP contribution in [0.25, 0.3) is 0 Å². The lowest BCUT2D eigenvalue weighted by molar-refractivity contribution is 0.248. The molecule has 2 aliphatic carbocycles. The first kappa shape index (κ1) is 14.0. The van der Waals surface area contributed by atoms with E-state index < -0.39 is 0 Å². The molecule has 116 valence electrons. The maximum Gasteiger partial charge on any atom is 0.185 e. The van der Waals surface area contributed by atoms with E-state index in [2.05, 4.69) is 22.0 Å². The van der Waals surface area contributed by atoms with Crippen molar-refractivity contribution in [3.63, 3.8) is 0 Å². The van der Waals surface area contributed by atoms with Crippen LogP contribution < -0.4 is 10.2 Å². The van der Waals surface area contributed by atoms with E-state index in [1.165, 1.54) is 54.5 Å². The van der Waals surface area contributed by atoms with E-state index in [9.17, 15) is 0 Å². The van der Waals surface area contributed by atoms with Crippen molar-refractivity contribution < 1.29 is 0 Å². The summed E-state index contributed by atoms with van der Waals surface area (Å²) >= 11 is 1.93. The molecule has 2 heterocycles. The lowest BCUT2D eigenvalue weighted by Gasteiger charge is -2.34. The van der Waals surface area contributed by atoms with E-state index in [4.69, 9.17) is 4.98 Å². The van der Waals surface area contributed by atoms with E-state index in [1.807, 2.05) is 11.3 Å². The van der Waals surface area contributed by atoms with Gasteiger partial charge in [-0.15, -0.1) is 11.3 Å². The third-order valence-corrected chi connectivity index (χ3v) is 6.00. The van der Waals surface area contributed by atoms with Gasteiger partial charge in [-0.1, -0.05) is 6.92 Å². The van der Waals surface area contributed by atoms with Gasteiger partial charge in [0.05, 0.1) is 5.69 Å². The monoisotopic (exact) mass is 306 g/mol. The summed E-state index contributed by atoms with van der Waals surface area (Å²) in [5.74, 6) is 0.761. The third kappa shape index (κ3) is 3.10. The Morgan fingerprint density at radius 1 is 1.14 bits per heavy atom. The highest BCUT2D eigenvalue weighted by Gasteiger charge is 2.33. The molecule has 4 nitrogen and oxygen atoms in total. The summed E-state index contributed by atoms with van der Waals surface area (Å²) in [6, 6.07) is 0.912. The maximum absolute atomic E-state index is 5.02. The van der Waals surface area contributed by atoms with Gasteiger partial charge in [0.25, 0.3) is 0 Å². The van der Waals surface area contributed by atoms with Crippen LogP contribution in [0.1, 0.15) is 49.1 Å². The number of rotatable bonds is 6. The normalized spacial score (nSPS) is 23.8. The van der Waals surface area contributed by atoms with Gasteiger partial charge in [-0.05, 0) is 32.2 Å². The number of nitrogens with one attached hydrogen (secondary N) is 1. The van der Waals surface area contributed by atoms with E-state index >= 15 is 0 Å². The van der Waals surface area contributed by atoms with Crippen LogP contribution in [0, 0.1) is 0 Å². The number of aromatic nitrogens is 1. The Labute approximate surface area is 131 Å². The highest BCUT2D eigenvalue weighted by Crippen LogP contribution is 2.44. The predicted octanol–water partition coefficient (Wildman–Crippen LogP) is 2.41. The molecule has 0 atom stereocenters. The molecule has 1 saturated heterocycles. The third-order valence-electron chi connectivity index (χ3n) is 4.86. The summed E-state index contributed by atoms with van der Waals surface area (Å²) in [5.41, 5.74) is 1.40. The fraction of sp³-hybridized carbons (Fsp3) is 0.812. The van der Waals surface area contributed by atoms with Crippen LogP contribution in [0.5, 0.6) is 0 Å². The zero-order valence-electron chi connectivity index (χ0n) is 13.0. The van der Waals surface area contributed by atoms with Crippen LogP contribution >= 0.6 is 11.3 Å². The molecule has 0 unspecified atom stereocenters. The van der Waals surface area contributed by atoms with Crippen LogP contribution in [-0.2, 0) is 6.54 Å². The molecule has 1 aliphatic heterocycles. The number of hydrogen-bond donors (Lipinski definition) is 1. The highest BCUT2D eigenvalue weighted by atomic mass is 32.1. The van der Waals surface area contributed by atoms with Gasteiger partial charge in [0.1, 0.15) is 0 Å². The molecule has 2 saturated carbocycles. The summed E-state index contributed by atoms with van der Waals surface area (Å²) < 4.78 is 0. The standard InChI is InChI=1S/C16H26N4S/c1-2-17-11-14-15(12-3-4-12)18-16(21-14)20-9-7-19(8-10-20)13-5-6-13/h12-13,17H,2-11H2,1H3. The summed E-state index contributed by atoms with van der Waals surface area (Å²) in [4.78, 5) is 11.7. The molecule has 0 amide bonds. The largest absolute Gasteiger partial charge is 0.346 e. The minimum Gasteiger partial charge on any atom is -0.346 e. The molecule has 1 N–H and O–H groups in total. The Balaban J connectivity index is 1.44. The second-order valence-corrected chi connectivity index (χ2v) is 7.68. The molecule has 1 aromatic heterocycles. The molecule has 0 radical (unpaired) electrons. The van der Waals surface area contributed by atoms with Crippen LogP contribution in [0.15, 0.2) is 0 Å². The summed E-state index contributed by atoms with van der Waals surface area (Å²) in [7, 11) is 0. The van der Waals surface area contributed by atoms with E-state index in [0.29, 0.717) is 0 Å². The summed E-state index contributed by atoms with van der Waals surface area (Å²) in [5, 5.41) is 4.76. The van der Waals surface area contributed by atoms with Crippen molar-refractivity contribution in [1.82, 2.24) is 15.2 Å². The maximum atomic E-state index is 5.02. The van der Waals surface area contributed by atoms with Crippen molar-refractivity contribution in [3.05, 3.63) is 10.6 Å². The first-order valence-electron chi connectivity index (χ1n) is 8.54. The summed E-state index contributed by atoms with van der Waals surface area (Å²) in [6.07, 6.45) is 5.54. The van der Waals surface area contributed by atoms with Crippen LogP contribution in [-0.4, -0.2) is 48.6 Å². The molecule has 5 heteroatoms. The van der Waals surface area contributed by atoms with Gasteiger partial charge in [0.2, 0.25) is 0 Å². The Morgan fingerprint density at radius 3 is 2.52 bits per heavy atom. The number of nitrogens with zero attached hydrogens (tertiary/aromatic N) is 3. The minimum absolute atomic E-state index is 0.761. The fourth-order valence-electron chi connectivity index (χ4n) is 3.24. The van der Waals surface area contributed by atoms with Gasteiger partial charge in [0.15, 0.2) is 5.13 Å². The lowest BCUT2D eigenvalue weighted by atomic mass is 10.2. The molecule has 4 rings (SSSR count). The first-order chi connectivity index (χ1) is 10.3. The minimum atomic E-state index is 0.761. The van der Waals surface area contributed by atoms with Crippen molar-refractivity contribution in [3.8, 4) is 0 Å². The van der Waals surface area contributed by atoms with E-state index in [1.54, 1.807) is 0 Å². The van der Waals surface area contributed by atoms with Gasteiger partial charge < -0.3 is 10.2 Å². The molecule has 0 bridgehead atoms. The number of thiazole rings is 1. The Morgan fingerprint density at radius 2 is 1.90 bits per heavy atom. The smallest absolute Gasteiger partial charge is 0.185 e. The molecule has 0 spiro atoms. The fourth-order valence-corrected chi connectivity index (χ4v) is 4.41. The highest BCUT2D eigenvalue weighted by molar-refractivity contribution is 7.15. The predicted molar refractivity (Wildman–Crippen MR) is 88.3 cm³/mol. The van der Waals surface area contributed by atoms with Crippen molar-refractivity contribution in [1.29, 1.82) is 0 Å². The quantitative estimate of drug-likeness (QED) is 0.874. The Hall–Kier alpha value is -0.650. The number of piperazine rings is 1. The average Bonchev–Trinajstić information content (AvgIpc) is 3.42. The summed E-state index contributed by atoms with van der Waals surface area (Å²) in [6.45, 7) is 9.00. The average molecular weight is 306 g/mol. The van der Waals surface area contributed by atoms with Crippen LogP contribution in [0.3, 0.4) is 0 Å². The van der Waals surface area contributed by atoms with Crippen molar-refractivity contribution in [2.75, 3.05) is 37.6 Å². The van der Waals surface area contributed by atoms with Crippen molar-refractivity contribution >= 4 is 16.5 Å². The van der Waals surface area contributed by atoms with Gasteiger partial charge in [-0.25, -0.2) is 4.98 Å². The number of anilines is 1. The van der Waals surface area contributed by atoms with Crippen LogP contribution in [0.2, 0.25) is 0 Å². The second kappa shape index (κ2) is 5.86. The lowest BCUT2D eigenvalue weighted by Crippen LogP contribution is -2.47. The van der Waals surface area contributed by atoms with Gasteiger partial charge in [-0.3, -0.25) is 4.90 Å².